The Hall–Kier alpha value is -3.21. The Balaban J connectivity index is 0.000000463. The van der Waals surface area contributed by atoms with Crippen LogP contribution in [0.4, 0.5) is 33.6 Å². The predicted molar refractivity (Wildman–Crippen MR) is 177 cm³/mol. The van der Waals surface area contributed by atoms with Crippen molar-refractivity contribution in [1.29, 1.82) is 0 Å². The summed E-state index contributed by atoms with van der Waals surface area (Å²) in [6.45, 7) is 0.753. The molecule has 6 nitrogen and oxygen atoms in total. The molecule has 20 heteroatoms. The first-order valence-electron chi connectivity index (χ1n) is 14.1. The molecule has 220 valence electrons. The third-order valence-electron chi connectivity index (χ3n) is 8.28. The number of hydrogen-bond acceptors (Lipinski definition) is 4. The van der Waals surface area contributed by atoms with Crippen LogP contribution in [0.5, 0.6) is 0 Å². The Bertz CT molecular complexity index is 1720. The number of imidazole rings is 1. The second-order valence-corrected chi connectivity index (χ2v) is 11.6. The molecule has 10 radical (unpaired) electrons. The zero-order valence-electron chi connectivity index (χ0n) is 24.2. The quantitative estimate of drug-likeness (QED) is 0.208. The summed E-state index contributed by atoms with van der Waals surface area (Å²) in [7, 11) is 25.8. The Kier molecular flexibility index (Phi) is 9.74. The summed E-state index contributed by atoms with van der Waals surface area (Å²) < 4.78 is 67.2. The predicted octanol–water partition coefficient (Wildman–Crippen LogP) is 3.24. The number of pyridine rings is 1. The highest BCUT2D eigenvalue weighted by Crippen LogP contribution is 2.57. The third kappa shape index (κ3) is 6.49. The van der Waals surface area contributed by atoms with Crippen molar-refractivity contribution in [3.05, 3.63) is 82.6 Å². The van der Waals surface area contributed by atoms with Crippen molar-refractivity contribution < 1.29 is 26.7 Å². The van der Waals surface area contributed by atoms with Crippen LogP contribution in [0.2, 0.25) is 5.02 Å². The number of nitrogens with one attached hydrogen (secondary N) is 1. The lowest BCUT2D eigenvalue weighted by Crippen LogP contribution is -2.67. The maximum Gasteiger partial charge on any atom is 0.419 e. The third-order valence-corrected chi connectivity index (χ3v) is 8.57. The molecular weight excluding hydrogens is 615 g/mol. The van der Waals surface area contributed by atoms with E-state index in [1.54, 1.807) is 17.2 Å². The van der Waals surface area contributed by atoms with Crippen LogP contribution in [0.3, 0.4) is 0 Å². The number of β-lactam (4-membered cyclic amide) rings is 1. The van der Waals surface area contributed by atoms with Crippen molar-refractivity contribution in [2.45, 2.75) is 25.1 Å². The SMILES string of the molecule is O=C1N(c2ccc(F)c(Cl)c2)C(c2ccccn2)C12CCN(c1nc3cc(F)c(C(F)(F)F)cc3[nH]1)CC2.[B]B([B])B([B])B([B])[B]. The average molecular weight is 634 g/mol. The van der Waals surface area contributed by atoms with Crippen molar-refractivity contribution in [3.8, 4) is 0 Å². The molecule has 2 saturated heterocycles. The summed E-state index contributed by atoms with van der Waals surface area (Å²) in [5, 5.41) is -0.0964. The van der Waals surface area contributed by atoms with Crippen molar-refractivity contribution in [3.63, 3.8) is 0 Å². The van der Waals surface area contributed by atoms with Gasteiger partial charge in [-0.3, -0.25) is 9.78 Å². The molecule has 0 aliphatic carbocycles. The Morgan fingerprint density at radius 1 is 0.957 bits per heavy atom. The summed E-state index contributed by atoms with van der Waals surface area (Å²) in [4.78, 5) is 28.7. The molecule has 1 unspecified atom stereocenters. The minimum atomic E-state index is -4.83. The highest BCUT2D eigenvalue weighted by atomic mass is 35.5. The summed E-state index contributed by atoms with van der Waals surface area (Å²) in [6, 6.07) is 10.6. The normalized spacial score (nSPS) is 17.3. The summed E-state index contributed by atoms with van der Waals surface area (Å²) in [5.41, 5.74) is -0.856. The van der Waals surface area contributed by atoms with Crippen LogP contribution in [0.15, 0.2) is 54.7 Å². The monoisotopic (exact) mass is 635 g/mol. The van der Waals surface area contributed by atoms with Crippen LogP contribution in [-0.4, -0.2) is 91.8 Å². The van der Waals surface area contributed by atoms with E-state index in [0.717, 1.165) is 6.07 Å². The number of aromatic amines is 1. The minimum absolute atomic E-state index is 0.0689. The number of amides is 1. The maximum absolute atomic E-state index is 14.0. The van der Waals surface area contributed by atoms with E-state index in [2.05, 4.69) is 15.0 Å². The molecule has 0 saturated carbocycles. The van der Waals surface area contributed by atoms with Gasteiger partial charge in [-0.25, -0.2) is 13.8 Å². The molecule has 0 bridgehead atoms. The lowest BCUT2D eigenvalue weighted by molar-refractivity contribution is -0.142. The fourth-order valence-corrected chi connectivity index (χ4v) is 5.93. The average Bonchev–Trinajstić information content (AvgIpc) is 3.43. The number of aromatic nitrogens is 3. The number of rotatable bonds is 5. The number of halogens is 6. The number of benzene rings is 2. The van der Waals surface area contributed by atoms with Gasteiger partial charge in [0.05, 0.1) is 38.8 Å². The van der Waals surface area contributed by atoms with Crippen LogP contribution in [0, 0.1) is 17.0 Å². The van der Waals surface area contributed by atoms with Gasteiger partial charge < -0.3 is 14.8 Å². The second-order valence-electron chi connectivity index (χ2n) is 11.2. The molecule has 46 heavy (non-hydrogen) atoms. The molecule has 2 aliphatic heterocycles. The number of carbonyl (C=O) groups excluding carboxylic acids is 1. The molecule has 1 amide bonds. The molecule has 2 fully saturated rings. The molecule has 6 rings (SSSR count). The number of hydrogen-bond donors (Lipinski definition) is 1. The van der Waals surface area contributed by atoms with Gasteiger partial charge in [0.25, 0.3) is 0 Å². The maximum atomic E-state index is 14.0. The van der Waals surface area contributed by atoms with Gasteiger partial charge in [0.15, 0.2) is 0 Å². The molecular formula is C26H19B8ClF5N5O. The highest BCUT2D eigenvalue weighted by molar-refractivity contribution is 7.89. The van der Waals surface area contributed by atoms with E-state index >= 15 is 0 Å². The van der Waals surface area contributed by atoms with Crippen LogP contribution in [0.1, 0.15) is 30.1 Å². The number of fused-ring (bicyclic) bond motifs is 1. The van der Waals surface area contributed by atoms with Gasteiger partial charge in [0, 0.05) is 88.9 Å². The fourth-order valence-electron chi connectivity index (χ4n) is 5.76. The molecule has 2 aromatic carbocycles. The first-order valence-corrected chi connectivity index (χ1v) is 14.5. The fraction of sp³-hybridized carbons (Fsp3) is 0.269. The van der Waals surface area contributed by atoms with E-state index < -0.39 is 54.0 Å². The number of alkyl halides is 3. The Labute approximate surface area is 275 Å². The van der Waals surface area contributed by atoms with Gasteiger partial charge >= 0.3 is 6.18 Å². The highest BCUT2D eigenvalue weighted by Gasteiger charge is 2.62. The standard InChI is InChI=1S/C26H19ClF5N5O.B8/c27-16-11-14(4-5-17(16)28)37-22(19-3-1-2-8-33-19)25(23(37)38)6-9-36(10-7-25)24-34-20-12-15(26(30,31)32)18(29)13-21(20)35-24;1-6(2)8(5)7(3)4/h1-5,8,11-13,22H,6-7,9-10H2,(H,34,35);. The molecule has 2 aliphatic rings. The van der Waals surface area contributed by atoms with Gasteiger partial charge in [-0.15, -0.1) is 0 Å². The van der Waals surface area contributed by atoms with Crippen molar-refractivity contribution in [2.75, 3.05) is 22.9 Å². The van der Waals surface area contributed by atoms with E-state index in [0.29, 0.717) is 49.3 Å². The first-order chi connectivity index (χ1) is 21.6. The second kappa shape index (κ2) is 13.1. The van der Waals surface area contributed by atoms with Crippen LogP contribution < -0.4 is 9.80 Å². The lowest BCUT2D eigenvalue weighted by Gasteiger charge is -2.58. The van der Waals surface area contributed by atoms with E-state index in [1.807, 2.05) is 17.0 Å². The van der Waals surface area contributed by atoms with E-state index in [9.17, 15) is 26.7 Å². The minimum Gasteiger partial charge on any atom is -0.342 e. The van der Waals surface area contributed by atoms with Crippen molar-refractivity contribution in [1.82, 2.24) is 15.0 Å². The molecule has 4 aromatic rings. The zero-order valence-corrected chi connectivity index (χ0v) is 24.9. The molecule has 4 heterocycles. The van der Waals surface area contributed by atoms with Gasteiger partial charge in [-0.1, -0.05) is 17.7 Å². The smallest absolute Gasteiger partial charge is 0.342 e. The number of carbonyl (C=O) groups is 1. The Morgan fingerprint density at radius 2 is 1.63 bits per heavy atom. The summed E-state index contributed by atoms with van der Waals surface area (Å²) >= 11 is 5.99. The van der Waals surface area contributed by atoms with Crippen molar-refractivity contribution >= 4 is 98.0 Å². The zero-order chi connectivity index (χ0) is 33.6. The summed E-state index contributed by atoms with van der Waals surface area (Å²) in [5.74, 6) is -1.82. The molecule has 1 spiro atoms. The van der Waals surface area contributed by atoms with E-state index in [1.165, 1.54) is 18.2 Å². The molecule has 2 aromatic heterocycles. The number of H-pyrrole nitrogens is 1. The number of piperidine rings is 1. The number of anilines is 2. The molecule has 1 N–H and O–H groups in total. The largest absolute Gasteiger partial charge is 0.419 e. The van der Waals surface area contributed by atoms with Gasteiger partial charge in [-0.05, 0) is 49.2 Å². The summed E-state index contributed by atoms with van der Waals surface area (Å²) in [6.07, 6.45) is -4.14. The lowest BCUT2D eigenvalue weighted by atomic mass is 8.68. The van der Waals surface area contributed by atoms with Crippen LogP contribution >= 0.6 is 11.6 Å². The topological polar surface area (TPSA) is 65.1 Å². The van der Waals surface area contributed by atoms with Gasteiger partial charge in [0.2, 0.25) is 11.9 Å². The van der Waals surface area contributed by atoms with Crippen LogP contribution in [0.25, 0.3) is 11.0 Å². The van der Waals surface area contributed by atoms with Crippen LogP contribution in [-0.2, 0) is 11.0 Å². The van der Waals surface area contributed by atoms with Gasteiger partial charge in [0.1, 0.15) is 11.6 Å². The first kappa shape index (κ1) is 34.1. The van der Waals surface area contributed by atoms with E-state index in [4.69, 9.17) is 50.3 Å². The molecule has 1 atom stereocenters. The van der Waals surface area contributed by atoms with E-state index in [-0.39, 0.29) is 22.0 Å². The Morgan fingerprint density at radius 3 is 2.17 bits per heavy atom. The number of nitrogens with zero attached hydrogens (tertiary/aromatic N) is 4. The van der Waals surface area contributed by atoms with Gasteiger partial charge in [-0.2, -0.15) is 13.2 Å². The van der Waals surface area contributed by atoms with Crippen molar-refractivity contribution in [2.24, 2.45) is 5.41 Å².